The van der Waals surface area contributed by atoms with E-state index in [2.05, 4.69) is 32.2 Å². The lowest BCUT2D eigenvalue weighted by Crippen LogP contribution is -2.38. The van der Waals surface area contributed by atoms with E-state index in [4.69, 9.17) is 24.3 Å². The highest BCUT2D eigenvalue weighted by Crippen LogP contribution is 2.65. The topological polar surface area (TPSA) is 244 Å². The van der Waals surface area contributed by atoms with Crippen molar-refractivity contribution in [3.63, 3.8) is 0 Å². The van der Waals surface area contributed by atoms with Crippen LogP contribution in [0.4, 0.5) is 10.3 Å². The molecule has 0 radical (unpaired) electrons. The second-order valence-corrected chi connectivity index (χ2v) is 12.8. The summed E-state index contributed by atoms with van der Waals surface area (Å²) in [6, 6.07) is 1.22. The standard InChI is InChI=1S/C21H22FN8O10PS/c22-9-7(5-31)37-17(30-6-25-10-15(30)26-19(23)27-16(10)34)11(9)39-41(36,42)40-14-13-21(14,35)12(33)18(38-13)29-3-1-8(32)28-4-2-24-20(28)29/h1-4,6-7,9,11-14,17-18,31,33,35H,5H2,(H,36,42)(H3,23,26,27,34)/t7-,9-,11-,12+,13-,14?,17-,18-,21+,41?/m1/s1. The smallest absolute Gasteiger partial charge is 0.387 e. The second-order valence-electron chi connectivity index (χ2n) is 9.97. The first kappa shape index (κ1) is 27.6. The van der Waals surface area contributed by atoms with Crippen molar-refractivity contribution in [2.75, 3.05) is 12.3 Å². The van der Waals surface area contributed by atoms with Crippen molar-refractivity contribution in [3.8, 4) is 0 Å². The normalized spacial score (nSPS) is 35.5. The van der Waals surface area contributed by atoms with E-state index in [1.807, 2.05) is 0 Å². The van der Waals surface area contributed by atoms with Gasteiger partial charge in [-0.15, -0.1) is 0 Å². The van der Waals surface area contributed by atoms with E-state index in [-0.39, 0.29) is 28.4 Å². The minimum atomic E-state index is -4.55. The molecular weight excluding hydrogens is 606 g/mol. The predicted octanol–water partition coefficient (Wildman–Crippen LogP) is -1.75. The highest BCUT2D eigenvalue weighted by molar-refractivity contribution is 8.44. The van der Waals surface area contributed by atoms with Crippen LogP contribution in [0.25, 0.3) is 16.9 Å². The van der Waals surface area contributed by atoms with Gasteiger partial charge in [0.25, 0.3) is 11.1 Å². The van der Waals surface area contributed by atoms with Gasteiger partial charge in [-0.25, -0.2) is 18.9 Å². The molecule has 21 heteroatoms. The molecule has 18 nitrogen and oxygen atoms in total. The molecule has 4 aromatic heterocycles. The molecule has 4 aromatic rings. The Morgan fingerprint density at radius 3 is 2.71 bits per heavy atom. The third kappa shape index (κ3) is 3.98. The lowest BCUT2D eigenvalue weighted by molar-refractivity contribution is -0.0928. The number of nitrogens with two attached hydrogens (primary N) is 1. The van der Waals surface area contributed by atoms with Gasteiger partial charge >= 0.3 is 6.80 Å². The second kappa shape index (κ2) is 9.40. The molecule has 0 spiro atoms. The van der Waals surface area contributed by atoms with Crippen LogP contribution in [0.2, 0.25) is 0 Å². The van der Waals surface area contributed by atoms with Crippen molar-refractivity contribution in [1.29, 1.82) is 0 Å². The third-order valence-corrected chi connectivity index (χ3v) is 9.09. The fourth-order valence-corrected chi connectivity index (χ4v) is 7.21. The van der Waals surface area contributed by atoms with Crippen molar-refractivity contribution in [1.82, 2.24) is 33.5 Å². The summed E-state index contributed by atoms with van der Waals surface area (Å²) < 4.78 is 54.6. The Kier molecular flexibility index (Phi) is 6.18. The summed E-state index contributed by atoms with van der Waals surface area (Å²) in [7, 11) is 0. The van der Waals surface area contributed by atoms with Crippen LogP contribution in [0.3, 0.4) is 0 Å². The summed E-state index contributed by atoms with van der Waals surface area (Å²) in [4.78, 5) is 38.5. The molecule has 42 heavy (non-hydrogen) atoms. The summed E-state index contributed by atoms with van der Waals surface area (Å²) in [6.07, 6.45) is -6.86. The van der Waals surface area contributed by atoms with Crippen LogP contribution in [-0.4, -0.2) is 97.7 Å². The van der Waals surface area contributed by atoms with E-state index in [9.17, 15) is 29.5 Å². The van der Waals surface area contributed by atoms with Crippen molar-refractivity contribution < 1.29 is 42.8 Å². The maximum atomic E-state index is 15.4. The molecule has 3 aliphatic rings. The van der Waals surface area contributed by atoms with Gasteiger partial charge in [-0.05, 0) is 0 Å². The summed E-state index contributed by atoms with van der Waals surface area (Å²) >= 11 is 3.95. The van der Waals surface area contributed by atoms with Crippen molar-refractivity contribution in [2.24, 2.45) is 0 Å². The van der Waals surface area contributed by atoms with E-state index >= 15 is 4.39 Å². The highest BCUT2D eigenvalue weighted by Gasteiger charge is 2.79. The van der Waals surface area contributed by atoms with Gasteiger partial charge in [-0.1, -0.05) is 12.2 Å². The molecule has 2 unspecified atom stereocenters. The zero-order chi connectivity index (χ0) is 29.7. The predicted molar refractivity (Wildman–Crippen MR) is 139 cm³/mol. The number of anilines is 1. The number of nitrogens with one attached hydrogen (secondary N) is 1. The number of imidazole rings is 2. The van der Waals surface area contributed by atoms with Crippen LogP contribution in [0.15, 0.2) is 40.6 Å². The molecule has 3 fully saturated rings. The van der Waals surface area contributed by atoms with Gasteiger partial charge in [-0.2, -0.15) is 4.98 Å². The number of halogens is 1. The Labute approximate surface area is 237 Å². The van der Waals surface area contributed by atoms with Crippen LogP contribution < -0.4 is 16.9 Å². The summed E-state index contributed by atoms with van der Waals surface area (Å²) in [6.45, 7) is -5.33. The fraction of sp³-hybridized carbons (Fsp3) is 0.476. The number of aromatic nitrogens is 7. The number of nitrogen functional groups attached to an aromatic ring is 1. The molecule has 1 saturated carbocycles. The van der Waals surface area contributed by atoms with E-state index in [1.54, 1.807) is 0 Å². The SMILES string of the molecule is Nc1nc2c(ncn2[C@@H]2O[C@H](CO)[C@@H](F)[C@H]2OP(=O)(S)OC2[C@H]3O[C@@H](n4ccc(=O)n5ccnc45)[C@H](O)[C@@]23O)c(=O)[nH]1. The largest absolute Gasteiger partial charge is 0.394 e. The summed E-state index contributed by atoms with van der Waals surface area (Å²) in [5.41, 5.74) is 2.27. The number of aliphatic hydroxyl groups excluding tert-OH is 2. The number of aromatic amines is 1. The molecule has 7 rings (SSSR count). The Hall–Kier alpha value is -3.20. The number of alkyl halides is 1. The first-order chi connectivity index (χ1) is 19.9. The third-order valence-electron chi connectivity index (χ3n) is 7.52. The number of H-pyrrole nitrogens is 1. The Bertz CT molecular complexity index is 1880. The van der Waals surface area contributed by atoms with Gasteiger partial charge in [-0.3, -0.25) is 37.2 Å². The molecule has 0 aromatic carbocycles. The Morgan fingerprint density at radius 2 is 2.00 bits per heavy atom. The van der Waals surface area contributed by atoms with E-state index in [1.165, 1.54) is 33.6 Å². The van der Waals surface area contributed by atoms with Gasteiger partial charge in [0.2, 0.25) is 11.7 Å². The van der Waals surface area contributed by atoms with E-state index in [0.717, 1.165) is 10.9 Å². The molecule has 6 N–H and O–H groups in total. The first-order valence-corrected chi connectivity index (χ1v) is 15.1. The van der Waals surface area contributed by atoms with Crippen LogP contribution in [-0.2, 0) is 23.1 Å². The average molecular weight is 628 g/mol. The molecule has 1 aliphatic carbocycles. The van der Waals surface area contributed by atoms with Crippen LogP contribution >= 0.6 is 19.0 Å². The van der Waals surface area contributed by atoms with Gasteiger partial charge < -0.3 is 30.5 Å². The quantitative estimate of drug-likeness (QED) is 0.0982. The Balaban J connectivity index is 1.12. The number of rotatable bonds is 7. The van der Waals surface area contributed by atoms with Crippen molar-refractivity contribution >= 4 is 41.9 Å². The number of ether oxygens (including phenoxy) is 2. The summed E-state index contributed by atoms with van der Waals surface area (Å²) in [5, 5.41) is 31.7. The zero-order valence-electron chi connectivity index (χ0n) is 20.9. The minimum Gasteiger partial charge on any atom is -0.394 e. The molecular formula is C21H22FN8O10PS. The molecule has 224 valence electrons. The number of thiol groups is 1. The number of hydrogen-bond acceptors (Lipinski definition) is 14. The number of fused-ring (bicyclic) bond motifs is 3. The number of hydrogen-bond donors (Lipinski definition) is 6. The minimum absolute atomic E-state index is 0.0988. The monoisotopic (exact) mass is 628 g/mol. The first-order valence-electron chi connectivity index (χ1n) is 12.4. The van der Waals surface area contributed by atoms with Crippen LogP contribution in [0.5, 0.6) is 0 Å². The molecule has 6 heterocycles. The Morgan fingerprint density at radius 1 is 1.21 bits per heavy atom. The molecule has 0 bridgehead atoms. The molecule has 2 aliphatic heterocycles. The lowest BCUT2D eigenvalue weighted by atomic mass is 10.1. The van der Waals surface area contributed by atoms with Crippen molar-refractivity contribution in [2.45, 2.75) is 54.7 Å². The van der Waals surface area contributed by atoms with Gasteiger partial charge in [0.05, 0.1) is 12.9 Å². The molecule has 2 saturated heterocycles. The van der Waals surface area contributed by atoms with E-state index in [0.29, 0.717) is 0 Å². The molecule has 0 amide bonds. The van der Waals surface area contributed by atoms with Crippen LogP contribution in [0.1, 0.15) is 12.5 Å². The van der Waals surface area contributed by atoms with E-state index < -0.39 is 73.7 Å². The van der Waals surface area contributed by atoms with Crippen molar-refractivity contribution in [3.05, 3.63) is 51.7 Å². The zero-order valence-corrected chi connectivity index (χ0v) is 22.7. The lowest BCUT2D eigenvalue weighted by Gasteiger charge is -2.27. The summed E-state index contributed by atoms with van der Waals surface area (Å²) in [5.74, 6) is -0.119. The highest BCUT2D eigenvalue weighted by atomic mass is 32.7. The number of aliphatic hydroxyl groups is 3. The van der Waals surface area contributed by atoms with Gasteiger partial charge in [0.1, 0.15) is 30.5 Å². The van der Waals surface area contributed by atoms with Gasteiger partial charge in [0, 0.05) is 24.7 Å². The van der Waals surface area contributed by atoms with Crippen LogP contribution in [0, 0.1) is 0 Å². The maximum Gasteiger partial charge on any atom is 0.387 e. The van der Waals surface area contributed by atoms with Gasteiger partial charge in [0.15, 0.2) is 35.4 Å². The fourth-order valence-electron chi connectivity index (χ4n) is 5.44. The maximum absolute atomic E-state index is 15.4. The number of nitrogens with zero attached hydrogens (tertiary/aromatic N) is 6. The average Bonchev–Trinajstić information content (AvgIpc) is 3.50. The molecule has 10 atom stereocenters.